The van der Waals surface area contributed by atoms with Crippen LogP contribution in [-0.4, -0.2) is 0 Å². The first-order valence-electron chi connectivity index (χ1n) is 8.62. The van der Waals surface area contributed by atoms with Crippen LogP contribution < -0.4 is 0 Å². The van der Waals surface area contributed by atoms with E-state index in [0.29, 0.717) is 0 Å². The van der Waals surface area contributed by atoms with Gasteiger partial charge in [-0.15, -0.1) is 0 Å². The minimum atomic E-state index is 0.873. The molecule has 5 rings (SSSR count). The molecule has 0 bridgehead atoms. The van der Waals surface area contributed by atoms with Gasteiger partial charge in [-0.05, 0) is 76.3 Å². The molecule has 2 aliphatic carbocycles. The monoisotopic (exact) mass is 307 g/mol. The zero-order valence-electron chi connectivity index (χ0n) is 13.5. The van der Waals surface area contributed by atoms with E-state index in [1.54, 1.807) is 0 Å². The highest BCUT2D eigenvalue weighted by atomic mass is 14.3. The third-order valence-electron chi connectivity index (χ3n) is 5.52. The van der Waals surface area contributed by atoms with Crippen molar-refractivity contribution in [1.82, 2.24) is 0 Å². The predicted molar refractivity (Wildman–Crippen MR) is 96.8 cm³/mol. The van der Waals surface area contributed by atoms with Gasteiger partial charge in [0.25, 0.3) is 0 Å². The Balaban J connectivity index is 1.93. The molecule has 0 N–H and O–H groups in total. The fraction of sp³-hybridized carbons (Fsp3) is 0.174. The average molecular weight is 307 g/mol. The van der Waals surface area contributed by atoms with Crippen molar-refractivity contribution in [2.45, 2.75) is 25.7 Å². The van der Waals surface area contributed by atoms with Crippen LogP contribution in [0, 0.1) is 11.3 Å². The summed E-state index contributed by atoms with van der Waals surface area (Å²) in [6.45, 7) is 0. The minimum absolute atomic E-state index is 0.873. The van der Waals surface area contributed by atoms with Crippen molar-refractivity contribution in [2.24, 2.45) is 0 Å². The Morgan fingerprint density at radius 3 is 1.96 bits per heavy atom. The van der Waals surface area contributed by atoms with Gasteiger partial charge in [-0.25, -0.2) is 0 Å². The summed E-state index contributed by atoms with van der Waals surface area (Å²) in [5, 5.41) is 9.69. The van der Waals surface area contributed by atoms with Gasteiger partial charge >= 0.3 is 0 Å². The Morgan fingerprint density at radius 1 is 0.667 bits per heavy atom. The summed E-state index contributed by atoms with van der Waals surface area (Å²) < 4.78 is 0. The van der Waals surface area contributed by atoms with Gasteiger partial charge in [-0.3, -0.25) is 0 Å². The van der Waals surface area contributed by atoms with Crippen molar-refractivity contribution in [3.63, 3.8) is 0 Å². The maximum atomic E-state index is 9.69. The molecule has 0 aromatic heterocycles. The summed E-state index contributed by atoms with van der Waals surface area (Å²) in [4.78, 5) is 0. The van der Waals surface area contributed by atoms with Crippen molar-refractivity contribution in [3.05, 3.63) is 82.4 Å². The molecule has 3 aromatic carbocycles. The first kappa shape index (κ1) is 13.6. The van der Waals surface area contributed by atoms with E-state index in [2.05, 4.69) is 60.7 Å². The number of hydrogen-bond acceptors (Lipinski definition) is 1. The molecule has 0 saturated carbocycles. The van der Waals surface area contributed by atoms with Crippen LogP contribution in [0.3, 0.4) is 0 Å². The van der Waals surface area contributed by atoms with Gasteiger partial charge in [0.15, 0.2) is 0 Å². The third-order valence-corrected chi connectivity index (χ3v) is 5.52. The van der Waals surface area contributed by atoms with Crippen LogP contribution in [-0.2, 0) is 25.7 Å². The SMILES string of the molecule is N#Cc1cc2c(c3c1CCc1ccccc1-3)-c1ccccc1CC2. The molecule has 24 heavy (non-hydrogen) atoms. The molecule has 0 aliphatic heterocycles. The normalized spacial score (nSPS) is 14.0. The van der Waals surface area contributed by atoms with Gasteiger partial charge in [0.05, 0.1) is 11.6 Å². The molecule has 114 valence electrons. The zero-order valence-corrected chi connectivity index (χ0v) is 13.5. The van der Waals surface area contributed by atoms with E-state index in [1.165, 1.54) is 44.5 Å². The van der Waals surface area contributed by atoms with Crippen LogP contribution >= 0.6 is 0 Å². The highest BCUT2D eigenvalue weighted by Gasteiger charge is 2.27. The van der Waals surface area contributed by atoms with Crippen molar-refractivity contribution < 1.29 is 0 Å². The Morgan fingerprint density at radius 2 is 1.25 bits per heavy atom. The molecule has 0 saturated heterocycles. The highest BCUT2D eigenvalue weighted by molar-refractivity contribution is 5.93. The van der Waals surface area contributed by atoms with Crippen LogP contribution in [0.4, 0.5) is 0 Å². The lowest BCUT2D eigenvalue weighted by atomic mass is 9.74. The fourth-order valence-corrected chi connectivity index (χ4v) is 4.43. The van der Waals surface area contributed by atoms with E-state index in [0.717, 1.165) is 31.2 Å². The van der Waals surface area contributed by atoms with Gasteiger partial charge in [-0.1, -0.05) is 48.5 Å². The molecule has 1 nitrogen and oxygen atoms in total. The quantitative estimate of drug-likeness (QED) is 0.567. The van der Waals surface area contributed by atoms with Gasteiger partial charge in [0.2, 0.25) is 0 Å². The maximum Gasteiger partial charge on any atom is 0.0994 e. The van der Waals surface area contributed by atoms with Gasteiger partial charge in [-0.2, -0.15) is 5.26 Å². The molecule has 1 heteroatoms. The second kappa shape index (κ2) is 5.08. The number of aryl methyl sites for hydroxylation is 3. The lowest BCUT2D eigenvalue weighted by molar-refractivity contribution is 0.912. The second-order valence-electron chi connectivity index (χ2n) is 6.74. The summed E-state index contributed by atoms with van der Waals surface area (Å²) in [6, 6.07) is 22.1. The summed E-state index contributed by atoms with van der Waals surface area (Å²) in [7, 11) is 0. The summed E-state index contributed by atoms with van der Waals surface area (Å²) in [5.74, 6) is 0. The zero-order chi connectivity index (χ0) is 16.1. The topological polar surface area (TPSA) is 23.8 Å². The van der Waals surface area contributed by atoms with E-state index < -0.39 is 0 Å². The first-order chi connectivity index (χ1) is 11.9. The number of hydrogen-bond donors (Lipinski definition) is 0. The first-order valence-corrected chi connectivity index (χ1v) is 8.62. The largest absolute Gasteiger partial charge is 0.192 e. The van der Waals surface area contributed by atoms with Crippen molar-refractivity contribution in [2.75, 3.05) is 0 Å². The number of fused-ring (bicyclic) bond motifs is 7. The maximum absolute atomic E-state index is 9.69. The van der Waals surface area contributed by atoms with Gasteiger partial charge < -0.3 is 0 Å². The predicted octanol–water partition coefficient (Wildman–Crippen LogP) is 5.09. The Bertz CT molecular complexity index is 1020. The number of benzene rings is 3. The average Bonchev–Trinajstić information content (AvgIpc) is 2.66. The Kier molecular flexibility index (Phi) is 2.87. The summed E-state index contributed by atoms with van der Waals surface area (Å²) >= 11 is 0. The summed E-state index contributed by atoms with van der Waals surface area (Å²) in [5.41, 5.74) is 11.7. The number of nitrogens with zero attached hydrogens (tertiary/aromatic N) is 1. The van der Waals surface area contributed by atoms with Crippen molar-refractivity contribution in [3.8, 4) is 28.3 Å². The Hall–Kier alpha value is -2.85. The number of nitriles is 1. The molecule has 0 radical (unpaired) electrons. The van der Waals surface area contributed by atoms with Gasteiger partial charge in [0, 0.05) is 0 Å². The van der Waals surface area contributed by atoms with Crippen molar-refractivity contribution in [1.29, 1.82) is 5.26 Å². The lowest BCUT2D eigenvalue weighted by Crippen LogP contribution is -2.13. The minimum Gasteiger partial charge on any atom is -0.192 e. The van der Waals surface area contributed by atoms with Crippen molar-refractivity contribution >= 4 is 0 Å². The molecule has 0 amide bonds. The third kappa shape index (κ3) is 1.80. The molecule has 3 aromatic rings. The molecule has 2 aliphatic rings. The summed E-state index contributed by atoms with van der Waals surface area (Å²) in [6.07, 6.45) is 4.08. The van der Waals surface area contributed by atoms with E-state index in [-0.39, 0.29) is 0 Å². The number of rotatable bonds is 0. The Labute approximate surface area is 142 Å². The van der Waals surface area contributed by atoms with Crippen LogP contribution in [0.25, 0.3) is 22.3 Å². The van der Waals surface area contributed by atoms with E-state index in [9.17, 15) is 5.26 Å². The van der Waals surface area contributed by atoms with Crippen LogP contribution in [0.2, 0.25) is 0 Å². The van der Waals surface area contributed by atoms with Gasteiger partial charge in [0.1, 0.15) is 0 Å². The standard InChI is InChI=1S/C23H17N/c24-14-18-13-17-10-9-15-5-1-3-7-19(15)22(17)23-20-8-4-2-6-16(20)11-12-21(18)23/h1-8,13H,9-12H2. The van der Waals surface area contributed by atoms with Crippen LogP contribution in [0.5, 0.6) is 0 Å². The fourth-order valence-electron chi connectivity index (χ4n) is 4.43. The van der Waals surface area contributed by atoms with Crippen LogP contribution in [0.15, 0.2) is 54.6 Å². The van der Waals surface area contributed by atoms with E-state index >= 15 is 0 Å². The molecule has 0 spiro atoms. The molecule has 0 atom stereocenters. The second-order valence-corrected chi connectivity index (χ2v) is 6.74. The smallest absolute Gasteiger partial charge is 0.0994 e. The molecule has 0 fully saturated rings. The molecular formula is C23H17N. The van der Waals surface area contributed by atoms with E-state index in [4.69, 9.17) is 0 Å². The highest BCUT2D eigenvalue weighted by Crippen LogP contribution is 2.46. The lowest BCUT2D eigenvalue weighted by Gasteiger charge is -2.29. The molecular weight excluding hydrogens is 290 g/mol. The van der Waals surface area contributed by atoms with Crippen LogP contribution in [0.1, 0.15) is 27.8 Å². The molecule has 0 heterocycles. The van der Waals surface area contributed by atoms with E-state index in [1.807, 2.05) is 0 Å². The molecule has 0 unspecified atom stereocenters.